The lowest BCUT2D eigenvalue weighted by atomic mass is 10.1. The van der Waals surface area contributed by atoms with Crippen molar-refractivity contribution in [3.63, 3.8) is 0 Å². The summed E-state index contributed by atoms with van der Waals surface area (Å²) in [7, 11) is 1.82. The van der Waals surface area contributed by atoms with Crippen molar-refractivity contribution >= 4 is 35.0 Å². The average Bonchev–Trinajstić information content (AvgIpc) is 3.06. The minimum atomic E-state index is -0.106. The number of aromatic nitrogens is 1. The normalized spacial score (nSPS) is 17.0. The van der Waals surface area contributed by atoms with Gasteiger partial charge in [0.1, 0.15) is 5.70 Å². The maximum absolute atomic E-state index is 12.8. The number of carbonyl (C=O) groups is 1. The first kappa shape index (κ1) is 14.5. The van der Waals surface area contributed by atoms with Gasteiger partial charge in [0, 0.05) is 18.9 Å². The standard InChI is InChI=1S/C17H17N3OS/c1-11-6-7-14(9-12(11)2)20-16(21)15(19(3)17(20)22)10-13-5-4-8-18-13/h4-10,18H,1-3H3/b15-10-. The molecule has 0 saturated carbocycles. The van der Waals surface area contributed by atoms with Gasteiger partial charge in [-0.05, 0) is 67.5 Å². The Balaban J connectivity index is 2.02. The number of benzene rings is 1. The number of hydrogen-bond acceptors (Lipinski definition) is 2. The molecule has 0 radical (unpaired) electrons. The number of aromatic amines is 1. The quantitative estimate of drug-likeness (QED) is 0.683. The highest BCUT2D eigenvalue weighted by atomic mass is 32.1. The predicted molar refractivity (Wildman–Crippen MR) is 92.5 cm³/mol. The second-order valence-electron chi connectivity index (χ2n) is 5.41. The van der Waals surface area contributed by atoms with Crippen molar-refractivity contribution < 1.29 is 4.79 Å². The molecule has 1 aromatic heterocycles. The van der Waals surface area contributed by atoms with Gasteiger partial charge in [0.15, 0.2) is 5.11 Å². The molecule has 0 bridgehead atoms. The van der Waals surface area contributed by atoms with Crippen LogP contribution in [0.3, 0.4) is 0 Å². The molecular formula is C17H17N3OS. The fraction of sp³-hybridized carbons (Fsp3) is 0.176. The molecule has 112 valence electrons. The van der Waals surface area contributed by atoms with Crippen LogP contribution in [-0.2, 0) is 4.79 Å². The summed E-state index contributed by atoms with van der Waals surface area (Å²) in [5, 5.41) is 0.492. The first-order valence-corrected chi connectivity index (χ1v) is 7.44. The van der Waals surface area contributed by atoms with Crippen LogP contribution < -0.4 is 4.90 Å². The van der Waals surface area contributed by atoms with Crippen molar-refractivity contribution in [2.24, 2.45) is 0 Å². The molecule has 2 aromatic rings. The van der Waals surface area contributed by atoms with Crippen LogP contribution in [0.1, 0.15) is 16.8 Å². The molecule has 1 aliphatic heterocycles. The molecule has 1 aromatic carbocycles. The van der Waals surface area contributed by atoms with E-state index in [9.17, 15) is 4.79 Å². The largest absolute Gasteiger partial charge is 0.362 e. The number of amides is 1. The van der Waals surface area contributed by atoms with Crippen molar-refractivity contribution in [3.05, 3.63) is 59.0 Å². The van der Waals surface area contributed by atoms with E-state index in [0.717, 1.165) is 16.9 Å². The zero-order chi connectivity index (χ0) is 15.9. The predicted octanol–water partition coefficient (Wildman–Crippen LogP) is 3.24. The highest BCUT2D eigenvalue weighted by Crippen LogP contribution is 2.28. The molecule has 1 saturated heterocycles. The molecule has 5 heteroatoms. The Labute approximate surface area is 135 Å². The van der Waals surface area contributed by atoms with Crippen molar-refractivity contribution in [2.45, 2.75) is 13.8 Å². The molecule has 1 fully saturated rings. The van der Waals surface area contributed by atoms with Crippen molar-refractivity contribution in [2.75, 3.05) is 11.9 Å². The third-order valence-electron chi connectivity index (χ3n) is 3.92. The monoisotopic (exact) mass is 311 g/mol. The zero-order valence-corrected chi connectivity index (χ0v) is 13.6. The van der Waals surface area contributed by atoms with Gasteiger partial charge in [-0.2, -0.15) is 0 Å². The molecule has 3 rings (SSSR count). The summed E-state index contributed by atoms with van der Waals surface area (Å²) < 4.78 is 0. The van der Waals surface area contributed by atoms with Gasteiger partial charge in [-0.15, -0.1) is 0 Å². The maximum Gasteiger partial charge on any atom is 0.281 e. The summed E-state index contributed by atoms with van der Waals surface area (Å²) in [4.78, 5) is 19.2. The first-order chi connectivity index (χ1) is 10.5. The molecular weight excluding hydrogens is 294 g/mol. The van der Waals surface area contributed by atoms with Crippen molar-refractivity contribution in [1.82, 2.24) is 9.88 Å². The van der Waals surface area contributed by atoms with Gasteiger partial charge in [-0.25, -0.2) is 0 Å². The molecule has 22 heavy (non-hydrogen) atoms. The zero-order valence-electron chi connectivity index (χ0n) is 12.8. The van der Waals surface area contributed by atoms with E-state index in [2.05, 4.69) is 4.98 Å². The summed E-state index contributed by atoms with van der Waals surface area (Å²) in [5.41, 5.74) is 4.57. The molecule has 0 unspecified atom stereocenters. The molecule has 2 heterocycles. The van der Waals surface area contributed by atoms with Crippen LogP contribution >= 0.6 is 12.2 Å². The summed E-state index contributed by atoms with van der Waals surface area (Å²) in [6.07, 6.45) is 3.64. The smallest absolute Gasteiger partial charge is 0.281 e. The fourth-order valence-electron chi connectivity index (χ4n) is 2.43. The average molecular weight is 311 g/mol. The van der Waals surface area contributed by atoms with Gasteiger partial charge >= 0.3 is 0 Å². The second kappa shape index (κ2) is 5.42. The maximum atomic E-state index is 12.8. The number of hydrogen-bond donors (Lipinski definition) is 1. The number of rotatable bonds is 2. The molecule has 1 amide bonds. The van der Waals surface area contributed by atoms with Gasteiger partial charge in [-0.3, -0.25) is 9.69 Å². The van der Waals surface area contributed by atoms with E-state index in [1.54, 1.807) is 9.80 Å². The molecule has 1 aliphatic rings. The Morgan fingerprint density at radius 2 is 1.95 bits per heavy atom. The SMILES string of the molecule is Cc1ccc(N2C(=O)/C(=C/c3ccc[nH]3)N(C)C2=S)cc1C. The van der Waals surface area contributed by atoms with Crippen LogP contribution in [0.4, 0.5) is 5.69 Å². The van der Waals surface area contributed by atoms with E-state index in [0.29, 0.717) is 10.8 Å². The summed E-state index contributed by atoms with van der Waals surface area (Å²) in [6, 6.07) is 9.73. The van der Waals surface area contributed by atoms with Crippen LogP contribution in [0.2, 0.25) is 0 Å². The van der Waals surface area contributed by atoms with Crippen LogP contribution in [0, 0.1) is 13.8 Å². The highest BCUT2D eigenvalue weighted by Gasteiger charge is 2.36. The van der Waals surface area contributed by atoms with Crippen LogP contribution in [-0.4, -0.2) is 28.0 Å². The number of carbonyl (C=O) groups excluding carboxylic acids is 1. The second-order valence-corrected chi connectivity index (χ2v) is 5.77. The number of nitrogens with one attached hydrogen (secondary N) is 1. The van der Waals surface area contributed by atoms with E-state index in [-0.39, 0.29) is 5.91 Å². The third-order valence-corrected chi connectivity index (χ3v) is 4.38. The number of likely N-dealkylation sites (N-methyl/N-ethyl adjacent to an activating group) is 1. The van der Waals surface area contributed by atoms with E-state index in [1.807, 2.05) is 63.5 Å². The molecule has 0 spiro atoms. The third kappa shape index (κ3) is 2.33. The van der Waals surface area contributed by atoms with Crippen LogP contribution in [0.25, 0.3) is 6.08 Å². The van der Waals surface area contributed by atoms with E-state index >= 15 is 0 Å². The summed E-state index contributed by atoms with van der Waals surface area (Å²) >= 11 is 5.45. The van der Waals surface area contributed by atoms with Crippen molar-refractivity contribution in [3.8, 4) is 0 Å². The van der Waals surface area contributed by atoms with Gasteiger partial charge in [-0.1, -0.05) is 6.07 Å². The molecule has 4 nitrogen and oxygen atoms in total. The minimum absolute atomic E-state index is 0.106. The van der Waals surface area contributed by atoms with E-state index in [4.69, 9.17) is 12.2 Å². The summed E-state index contributed by atoms with van der Waals surface area (Å²) in [6.45, 7) is 4.08. The minimum Gasteiger partial charge on any atom is -0.362 e. The van der Waals surface area contributed by atoms with Gasteiger partial charge in [0.05, 0.1) is 5.69 Å². The van der Waals surface area contributed by atoms with Gasteiger partial charge in [0.2, 0.25) is 0 Å². The topological polar surface area (TPSA) is 39.3 Å². The van der Waals surface area contributed by atoms with E-state index in [1.165, 1.54) is 5.56 Å². The van der Waals surface area contributed by atoms with E-state index < -0.39 is 0 Å². The van der Waals surface area contributed by atoms with Crippen molar-refractivity contribution in [1.29, 1.82) is 0 Å². The Kier molecular flexibility index (Phi) is 3.58. The molecule has 1 N–H and O–H groups in total. The first-order valence-electron chi connectivity index (χ1n) is 7.03. The Morgan fingerprint density at radius 3 is 2.59 bits per heavy atom. The number of anilines is 1. The molecule has 0 aliphatic carbocycles. The Morgan fingerprint density at radius 1 is 1.18 bits per heavy atom. The molecule has 0 atom stereocenters. The Bertz CT molecular complexity index is 777. The summed E-state index contributed by atoms with van der Waals surface area (Å²) in [5.74, 6) is -0.106. The number of H-pyrrole nitrogens is 1. The lowest BCUT2D eigenvalue weighted by molar-refractivity contribution is -0.114. The number of thiocarbonyl (C=S) groups is 1. The lowest BCUT2D eigenvalue weighted by Crippen LogP contribution is -2.31. The Hall–Kier alpha value is -2.40. The fourth-order valence-corrected chi connectivity index (χ4v) is 2.72. The number of aryl methyl sites for hydroxylation is 2. The van der Waals surface area contributed by atoms with Gasteiger partial charge in [0.25, 0.3) is 5.91 Å². The lowest BCUT2D eigenvalue weighted by Gasteiger charge is -2.17. The van der Waals surface area contributed by atoms with Crippen LogP contribution in [0.15, 0.2) is 42.2 Å². The highest BCUT2D eigenvalue weighted by molar-refractivity contribution is 7.80. The number of nitrogens with zero attached hydrogens (tertiary/aromatic N) is 2. The van der Waals surface area contributed by atoms with Gasteiger partial charge < -0.3 is 9.88 Å². The van der Waals surface area contributed by atoms with Crippen LogP contribution in [0.5, 0.6) is 0 Å².